The van der Waals surface area contributed by atoms with Gasteiger partial charge < -0.3 is 15.3 Å². The summed E-state index contributed by atoms with van der Waals surface area (Å²) in [4.78, 5) is 5.13. The average molecular weight is 872 g/mol. The van der Waals surface area contributed by atoms with Crippen molar-refractivity contribution in [3.63, 3.8) is 0 Å². The number of azo groups is 3. The molecular weight excluding hydrogens is 851 g/mol. The van der Waals surface area contributed by atoms with Gasteiger partial charge in [-0.1, -0.05) is 0 Å². The molecule has 300 valence electrons. The van der Waals surface area contributed by atoms with E-state index in [2.05, 4.69) is 35.8 Å². The van der Waals surface area contributed by atoms with E-state index in [-0.39, 0.29) is 17.1 Å². The minimum atomic E-state index is -5.49. The molecular formula is C27H21N9O17S4. The number of benzene rings is 4. The third kappa shape index (κ3) is 8.55. The monoisotopic (exact) mass is 871 g/mol. The molecule has 0 spiro atoms. The van der Waals surface area contributed by atoms with Crippen molar-refractivity contribution in [3.05, 3.63) is 64.3 Å². The van der Waals surface area contributed by atoms with Gasteiger partial charge in [0.2, 0.25) is 5.88 Å². The maximum atomic E-state index is 12.4. The lowest BCUT2D eigenvalue weighted by molar-refractivity contribution is -0.385. The largest absolute Gasteiger partial charge is 0.505 e. The number of aromatic hydroxyl groups is 3. The van der Waals surface area contributed by atoms with Crippen LogP contribution in [0.5, 0.6) is 17.4 Å². The Balaban J connectivity index is 1.72. The Morgan fingerprint density at radius 3 is 1.47 bits per heavy atom. The number of phenols is 2. The summed E-state index contributed by atoms with van der Waals surface area (Å²) in [6.45, 7) is 1.48. The van der Waals surface area contributed by atoms with Gasteiger partial charge in [-0.3, -0.25) is 28.3 Å². The van der Waals surface area contributed by atoms with Crippen molar-refractivity contribution in [2.45, 2.75) is 26.5 Å². The third-order valence-corrected chi connectivity index (χ3v) is 10.9. The summed E-state index contributed by atoms with van der Waals surface area (Å²) < 4.78 is 138. The summed E-state index contributed by atoms with van der Waals surface area (Å²) in [5.74, 6) is -3.27. The number of rotatable bonds is 11. The molecule has 57 heavy (non-hydrogen) atoms. The first-order valence-corrected chi connectivity index (χ1v) is 20.3. The lowest BCUT2D eigenvalue weighted by atomic mass is 10.1. The Kier molecular flexibility index (Phi) is 10.7. The average Bonchev–Trinajstić information content (AvgIpc) is 3.33. The Labute approximate surface area is 318 Å². The predicted octanol–water partition coefficient (Wildman–Crippen LogP) is 5.14. The molecule has 0 aliphatic heterocycles. The van der Waals surface area contributed by atoms with Crippen molar-refractivity contribution in [1.82, 2.24) is 9.78 Å². The molecule has 0 aliphatic rings. The van der Waals surface area contributed by atoms with E-state index in [1.807, 2.05) is 0 Å². The maximum absolute atomic E-state index is 12.4. The van der Waals surface area contributed by atoms with Crippen molar-refractivity contribution < 1.29 is 72.1 Å². The van der Waals surface area contributed by atoms with E-state index in [1.165, 1.54) is 14.0 Å². The highest BCUT2D eigenvalue weighted by atomic mass is 32.2. The molecule has 0 saturated carbocycles. The molecule has 0 radical (unpaired) electrons. The van der Waals surface area contributed by atoms with E-state index >= 15 is 0 Å². The molecule has 0 atom stereocenters. The second-order valence-electron chi connectivity index (χ2n) is 11.2. The molecule has 1 aromatic heterocycles. The number of aromatic nitrogens is 2. The number of aryl methyl sites for hydroxylation is 2. The Morgan fingerprint density at radius 1 is 0.614 bits per heavy atom. The number of hydrogen-bond donors (Lipinski definition) is 7. The summed E-state index contributed by atoms with van der Waals surface area (Å²) in [5, 5.41) is 67.2. The van der Waals surface area contributed by atoms with Crippen molar-refractivity contribution in [3.8, 4) is 17.4 Å². The van der Waals surface area contributed by atoms with Gasteiger partial charge in [-0.2, -0.15) is 43.9 Å². The van der Waals surface area contributed by atoms with E-state index < -0.39 is 122 Å². The lowest BCUT2D eigenvalue weighted by Gasteiger charge is -2.13. The van der Waals surface area contributed by atoms with E-state index in [0.29, 0.717) is 30.3 Å². The number of non-ortho nitro benzene ring substituents is 1. The number of nitro groups is 1. The second kappa shape index (κ2) is 14.6. The minimum absolute atomic E-state index is 0.0926. The SMILES string of the molecule is Cc1nn(C)c(O)c1/N=N/c1ccc(/N=N/c2c(S(=O)(=O)O)cc3cc(S(=O)(=O)O)c(/N=N/c4ccc([N+](=O)[O-])cc4S(=O)(=O)O)c(O)c3c2O)c(S(=O)(=O)O)c1. The number of nitro benzene ring substituents is 1. The molecule has 0 saturated heterocycles. The quantitative estimate of drug-likeness (QED) is 0.0391. The number of fused-ring (bicyclic) bond motifs is 1. The summed E-state index contributed by atoms with van der Waals surface area (Å²) in [6, 6.07) is 5.19. The molecule has 30 heteroatoms. The van der Waals surface area contributed by atoms with Gasteiger partial charge in [0.05, 0.1) is 21.7 Å². The normalized spacial score (nSPS) is 13.1. The van der Waals surface area contributed by atoms with Gasteiger partial charge in [-0.15, -0.1) is 25.6 Å². The van der Waals surface area contributed by atoms with Crippen molar-refractivity contribution in [2.75, 3.05) is 0 Å². The topological polar surface area (TPSA) is 413 Å². The smallest absolute Gasteiger partial charge is 0.297 e. The zero-order valence-electron chi connectivity index (χ0n) is 28.0. The van der Waals surface area contributed by atoms with Crippen molar-refractivity contribution in [2.24, 2.45) is 37.7 Å². The van der Waals surface area contributed by atoms with Crippen LogP contribution in [0.3, 0.4) is 0 Å². The van der Waals surface area contributed by atoms with E-state index in [9.17, 15) is 77.3 Å². The van der Waals surface area contributed by atoms with Crippen LogP contribution in [0.4, 0.5) is 39.8 Å². The van der Waals surface area contributed by atoms with E-state index in [1.54, 1.807) is 0 Å². The standard InChI is InChI=1S/C27H21N9O17S4/c1-11-22(27(39)35(2)34-11)31-28-13-3-5-15(17(9-13)54(42,43)44)29-32-23-19(56(48,49)50)7-12-8-20(57(51,52)53)24(26(38)21(12)25(23)37)33-30-16-6-4-14(36(40)41)10-18(16)55(45,46)47/h3-10,37-39H,1-2H3,(H,42,43,44)(H,45,46,47)(H,48,49,50)(H,51,52,53)/b31-28+,32-29+,33-30+. The molecule has 0 fully saturated rings. The molecule has 5 aromatic rings. The van der Waals surface area contributed by atoms with Gasteiger partial charge in [0, 0.05) is 19.2 Å². The molecule has 26 nitrogen and oxygen atoms in total. The van der Waals surface area contributed by atoms with Crippen LogP contribution >= 0.6 is 0 Å². The lowest BCUT2D eigenvalue weighted by Crippen LogP contribution is -2.02. The summed E-state index contributed by atoms with van der Waals surface area (Å²) in [7, 11) is -20.0. The van der Waals surface area contributed by atoms with Crippen LogP contribution in [-0.2, 0) is 47.5 Å². The molecule has 0 aliphatic carbocycles. The van der Waals surface area contributed by atoms with Crippen LogP contribution in [0, 0.1) is 17.0 Å². The predicted molar refractivity (Wildman–Crippen MR) is 188 cm³/mol. The van der Waals surface area contributed by atoms with Crippen LogP contribution < -0.4 is 0 Å². The molecule has 0 unspecified atom stereocenters. The second-order valence-corrected chi connectivity index (χ2v) is 16.7. The van der Waals surface area contributed by atoms with Crippen molar-refractivity contribution in [1.29, 1.82) is 0 Å². The summed E-state index contributed by atoms with van der Waals surface area (Å²) in [6.07, 6.45) is 0. The van der Waals surface area contributed by atoms with E-state index in [0.717, 1.165) is 22.9 Å². The Hall–Kier alpha value is -6.41. The van der Waals surface area contributed by atoms with Gasteiger partial charge in [-0.25, -0.2) is 4.68 Å². The van der Waals surface area contributed by atoms with Crippen LogP contribution in [0.15, 0.2) is 98.8 Å². The highest BCUT2D eigenvalue weighted by Gasteiger charge is 2.30. The Morgan fingerprint density at radius 2 is 1.05 bits per heavy atom. The number of hydrogen-bond acceptors (Lipinski definition) is 20. The molecule has 1 heterocycles. The highest BCUT2D eigenvalue weighted by Crippen LogP contribution is 2.50. The molecule has 0 amide bonds. The van der Waals surface area contributed by atoms with E-state index in [4.69, 9.17) is 0 Å². The molecule has 4 aromatic carbocycles. The van der Waals surface area contributed by atoms with Crippen LogP contribution in [0.25, 0.3) is 10.8 Å². The molecule has 5 rings (SSSR count). The van der Waals surface area contributed by atoms with Crippen molar-refractivity contribution >= 4 is 91.1 Å². The fourth-order valence-corrected chi connectivity index (χ4v) is 7.48. The van der Waals surface area contributed by atoms with Crippen LogP contribution in [0.1, 0.15) is 5.69 Å². The summed E-state index contributed by atoms with van der Waals surface area (Å²) in [5.41, 5.74) is -5.13. The number of phenolic OH excluding ortho intramolecular Hbond substituents is 2. The zero-order valence-corrected chi connectivity index (χ0v) is 31.3. The first kappa shape index (κ1) is 41.7. The first-order valence-electron chi connectivity index (χ1n) is 14.6. The Bertz CT molecular complexity index is 3110. The number of nitrogens with zero attached hydrogens (tertiary/aromatic N) is 9. The maximum Gasteiger partial charge on any atom is 0.297 e. The zero-order chi connectivity index (χ0) is 42.6. The minimum Gasteiger partial charge on any atom is -0.505 e. The third-order valence-electron chi connectivity index (χ3n) is 7.40. The van der Waals surface area contributed by atoms with Gasteiger partial charge in [0.15, 0.2) is 17.2 Å². The summed E-state index contributed by atoms with van der Waals surface area (Å²) >= 11 is 0. The highest BCUT2D eigenvalue weighted by molar-refractivity contribution is 7.86. The fourth-order valence-electron chi connectivity index (χ4n) is 4.87. The van der Waals surface area contributed by atoms with Crippen LogP contribution in [-0.4, -0.2) is 81.9 Å². The van der Waals surface area contributed by atoms with Crippen LogP contribution in [0.2, 0.25) is 0 Å². The van der Waals surface area contributed by atoms with Gasteiger partial charge in [0.25, 0.3) is 46.2 Å². The molecule has 7 N–H and O–H groups in total. The molecule has 0 bridgehead atoms. The van der Waals surface area contributed by atoms with Gasteiger partial charge in [-0.05, 0) is 48.7 Å². The van der Waals surface area contributed by atoms with Gasteiger partial charge in [0.1, 0.15) is 42.3 Å². The fraction of sp³-hybridized carbons (Fsp3) is 0.0741. The van der Waals surface area contributed by atoms with Gasteiger partial charge >= 0.3 is 0 Å². The first-order chi connectivity index (χ1) is 26.2.